The van der Waals surface area contributed by atoms with E-state index < -0.39 is 0 Å². The molecule has 31 heavy (non-hydrogen) atoms. The Morgan fingerprint density at radius 3 is 1.77 bits per heavy atom. The number of ketones is 2. The molecule has 1 aliphatic carbocycles. The Balaban J connectivity index is 1.60. The number of benzene rings is 4. The topological polar surface area (TPSA) is 59.1 Å². The quantitative estimate of drug-likeness (QED) is 0.367. The molecule has 1 N–H and O–H groups in total. The summed E-state index contributed by atoms with van der Waals surface area (Å²) in [4.78, 5) is 31.2. The van der Waals surface area contributed by atoms with Crippen LogP contribution in [0.15, 0.2) is 91.0 Å². The number of carbonyl (C=O) groups excluding carboxylic acids is 2. The van der Waals surface area contributed by atoms with Gasteiger partial charge in [-0.1, -0.05) is 72.8 Å². The van der Waals surface area contributed by atoms with Crippen molar-refractivity contribution in [3.8, 4) is 0 Å². The normalized spacial score (nSPS) is 12.6. The van der Waals surface area contributed by atoms with Gasteiger partial charge in [-0.05, 0) is 18.2 Å². The summed E-state index contributed by atoms with van der Waals surface area (Å²) in [7, 11) is 0. The van der Waals surface area contributed by atoms with Crippen LogP contribution in [-0.2, 0) is 0 Å². The van der Waals surface area contributed by atoms with E-state index in [1.807, 2.05) is 60.7 Å². The Morgan fingerprint density at radius 2 is 1.10 bits per heavy atom. The second kappa shape index (κ2) is 6.61. The molecule has 0 bridgehead atoms. The maximum absolute atomic E-state index is 13.4. The van der Waals surface area contributed by atoms with Gasteiger partial charge in [0.05, 0.1) is 28.0 Å². The zero-order valence-electron chi connectivity index (χ0n) is 16.4. The largest absolute Gasteiger partial charge is 0.354 e. The highest BCUT2D eigenvalue weighted by Crippen LogP contribution is 2.37. The molecular formula is C27H16N2O2. The molecule has 0 atom stereocenters. The molecule has 0 amide bonds. The van der Waals surface area contributed by atoms with E-state index in [0.29, 0.717) is 27.9 Å². The van der Waals surface area contributed by atoms with Crippen LogP contribution in [0.1, 0.15) is 31.8 Å². The highest BCUT2D eigenvalue weighted by molar-refractivity contribution is 6.30. The van der Waals surface area contributed by atoms with Gasteiger partial charge in [-0.3, -0.25) is 9.59 Å². The first-order valence-corrected chi connectivity index (χ1v) is 10.1. The Labute approximate surface area is 178 Å². The molecule has 6 rings (SSSR count). The standard InChI is InChI=1S/C27H16N2O2/c30-26-16-8-1-2-9-17(16)27(31)24-20(26)12-7-15-23(24)29-25-18-10-3-5-13-21(18)28-22-14-6-4-11-19(22)25/h1-15H,(H,28,29). The molecule has 0 aliphatic heterocycles. The number of rotatable bonds is 2. The Kier molecular flexibility index (Phi) is 3.74. The lowest BCUT2D eigenvalue weighted by Gasteiger charge is -2.21. The van der Waals surface area contributed by atoms with Crippen LogP contribution in [0.2, 0.25) is 0 Å². The second-order valence-corrected chi connectivity index (χ2v) is 7.58. The second-order valence-electron chi connectivity index (χ2n) is 7.58. The first-order valence-electron chi connectivity index (χ1n) is 10.1. The number of fused-ring (bicyclic) bond motifs is 4. The van der Waals surface area contributed by atoms with E-state index in [2.05, 4.69) is 5.32 Å². The van der Waals surface area contributed by atoms with Crippen molar-refractivity contribution in [3.63, 3.8) is 0 Å². The van der Waals surface area contributed by atoms with Gasteiger partial charge in [-0.15, -0.1) is 0 Å². The predicted octanol–water partition coefficient (Wildman–Crippen LogP) is 5.91. The van der Waals surface area contributed by atoms with Crippen molar-refractivity contribution < 1.29 is 9.59 Å². The molecule has 4 aromatic carbocycles. The van der Waals surface area contributed by atoms with Gasteiger partial charge in [0.1, 0.15) is 0 Å². The van der Waals surface area contributed by atoms with Crippen LogP contribution in [0.25, 0.3) is 21.8 Å². The van der Waals surface area contributed by atoms with E-state index in [9.17, 15) is 9.59 Å². The summed E-state index contributed by atoms with van der Waals surface area (Å²) < 4.78 is 0. The maximum atomic E-state index is 13.4. The molecule has 0 saturated heterocycles. The molecular weight excluding hydrogens is 384 g/mol. The number of carbonyl (C=O) groups is 2. The van der Waals surface area contributed by atoms with E-state index in [1.54, 1.807) is 30.3 Å². The summed E-state index contributed by atoms with van der Waals surface area (Å²) in [6.45, 7) is 0. The highest BCUT2D eigenvalue weighted by Gasteiger charge is 2.31. The number of hydrogen-bond donors (Lipinski definition) is 1. The first-order chi connectivity index (χ1) is 15.2. The fourth-order valence-corrected chi connectivity index (χ4v) is 4.36. The first kappa shape index (κ1) is 17.5. The SMILES string of the molecule is O=C1c2ccccc2C(=O)c2c(Nc3c4ccccc4nc4ccccc34)cccc21. The Bertz CT molecular complexity index is 1500. The van der Waals surface area contributed by atoms with Gasteiger partial charge in [-0.2, -0.15) is 0 Å². The smallest absolute Gasteiger partial charge is 0.196 e. The fourth-order valence-electron chi connectivity index (χ4n) is 4.36. The summed E-state index contributed by atoms with van der Waals surface area (Å²) in [5, 5.41) is 5.39. The minimum atomic E-state index is -0.143. The highest BCUT2D eigenvalue weighted by atomic mass is 16.1. The molecule has 4 nitrogen and oxygen atoms in total. The number of aromatic nitrogens is 1. The van der Waals surface area contributed by atoms with E-state index in [1.165, 1.54) is 0 Å². The van der Waals surface area contributed by atoms with Gasteiger partial charge in [0, 0.05) is 27.5 Å². The predicted molar refractivity (Wildman–Crippen MR) is 122 cm³/mol. The number of pyridine rings is 1. The third-order valence-corrected chi connectivity index (χ3v) is 5.80. The summed E-state index contributed by atoms with van der Waals surface area (Å²) in [5.74, 6) is -0.269. The average Bonchev–Trinajstić information content (AvgIpc) is 2.82. The third-order valence-electron chi connectivity index (χ3n) is 5.80. The summed E-state index contributed by atoms with van der Waals surface area (Å²) in [5.41, 5.74) is 4.95. The van der Waals surface area contributed by atoms with Crippen LogP contribution in [0.5, 0.6) is 0 Å². The summed E-state index contributed by atoms with van der Waals surface area (Å²) >= 11 is 0. The number of anilines is 2. The molecule has 0 spiro atoms. The third kappa shape index (κ3) is 2.58. The lowest BCUT2D eigenvalue weighted by molar-refractivity contribution is 0.0979. The van der Waals surface area contributed by atoms with Gasteiger partial charge in [0.2, 0.25) is 0 Å². The number of para-hydroxylation sites is 2. The van der Waals surface area contributed by atoms with Gasteiger partial charge in [0.15, 0.2) is 11.6 Å². The minimum Gasteiger partial charge on any atom is -0.354 e. The number of hydrogen-bond acceptors (Lipinski definition) is 4. The van der Waals surface area contributed by atoms with Crippen LogP contribution < -0.4 is 5.32 Å². The van der Waals surface area contributed by atoms with Crippen molar-refractivity contribution in [3.05, 3.63) is 113 Å². The van der Waals surface area contributed by atoms with E-state index >= 15 is 0 Å². The van der Waals surface area contributed by atoms with Crippen LogP contribution >= 0.6 is 0 Å². The molecule has 0 fully saturated rings. The summed E-state index contributed by atoms with van der Waals surface area (Å²) in [6, 6.07) is 28.2. The van der Waals surface area contributed by atoms with Crippen molar-refractivity contribution in [1.82, 2.24) is 4.98 Å². The van der Waals surface area contributed by atoms with Crippen LogP contribution in [0, 0.1) is 0 Å². The lowest BCUT2D eigenvalue weighted by Crippen LogP contribution is -2.22. The molecule has 1 aliphatic rings. The van der Waals surface area contributed by atoms with E-state index in [4.69, 9.17) is 4.98 Å². The number of nitrogens with zero attached hydrogens (tertiary/aromatic N) is 1. The van der Waals surface area contributed by atoms with Crippen molar-refractivity contribution in [2.24, 2.45) is 0 Å². The lowest BCUT2D eigenvalue weighted by atomic mass is 9.83. The van der Waals surface area contributed by atoms with Gasteiger partial charge < -0.3 is 5.32 Å². The van der Waals surface area contributed by atoms with Crippen LogP contribution in [-0.4, -0.2) is 16.6 Å². The van der Waals surface area contributed by atoms with Crippen molar-refractivity contribution in [2.45, 2.75) is 0 Å². The van der Waals surface area contributed by atoms with Gasteiger partial charge in [0.25, 0.3) is 0 Å². The van der Waals surface area contributed by atoms with Crippen molar-refractivity contribution in [1.29, 1.82) is 0 Å². The molecule has 0 radical (unpaired) electrons. The van der Waals surface area contributed by atoms with E-state index in [0.717, 1.165) is 27.5 Å². The summed E-state index contributed by atoms with van der Waals surface area (Å²) in [6.07, 6.45) is 0. The minimum absolute atomic E-state index is 0.127. The van der Waals surface area contributed by atoms with Crippen molar-refractivity contribution in [2.75, 3.05) is 5.32 Å². The van der Waals surface area contributed by atoms with E-state index in [-0.39, 0.29) is 11.6 Å². The molecule has 4 heteroatoms. The Hall–Kier alpha value is -4.31. The van der Waals surface area contributed by atoms with Gasteiger partial charge in [-0.25, -0.2) is 4.98 Å². The zero-order chi connectivity index (χ0) is 20.9. The molecule has 146 valence electrons. The van der Waals surface area contributed by atoms with Crippen molar-refractivity contribution >= 4 is 44.7 Å². The Morgan fingerprint density at radius 1 is 0.548 bits per heavy atom. The molecule has 0 unspecified atom stereocenters. The monoisotopic (exact) mass is 400 g/mol. The van der Waals surface area contributed by atoms with Crippen LogP contribution in [0.4, 0.5) is 11.4 Å². The van der Waals surface area contributed by atoms with Gasteiger partial charge >= 0.3 is 0 Å². The molecule has 1 heterocycles. The zero-order valence-corrected chi connectivity index (χ0v) is 16.4. The fraction of sp³-hybridized carbons (Fsp3) is 0. The molecule has 5 aromatic rings. The number of nitrogens with one attached hydrogen (secondary N) is 1. The average molecular weight is 400 g/mol. The maximum Gasteiger partial charge on any atom is 0.196 e. The van der Waals surface area contributed by atoms with Crippen LogP contribution in [0.3, 0.4) is 0 Å². The molecule has 0 saturated carbocycles. The molecule has 1 aromatic heterocycles.